The summed E-state index contributed by atoms with van der Waals surface area (Å²) in [5.74, 6) is -0.793. The monoisotopic (exact) mass is 294 g/mol. The zero-order chi connectivity index (χ0) is 14.9. The molecule has 0 aliphatic carbocycles. The topological polar surface area (TPSA) is 80.9 Å². The van der Waals surface area contributed by atoms with Crippen molar-refractivity contribution in [1.82, 2.24) is 9.59 Å². The molecule has 0 saturated carbocycles. The Morgan fingerprint density at radius 3 is 2.70 bits per heavy atom. The molecule has 0 aliphatic rings. The third-order valence-electron chi connectivity index (χ3n) is 2.67. The summed E-state index contributed by atoms with van der Waals surface area (Å²) in [5, 5.41) is 6.66. The van der Waals surface area contributed by atoms with Crippen molar-refractivity contribution in [2.24, 2.45) is 0 Å². The van der Waals surface area contributed by atoms with Crippen molar-refractivity contribution < 1.29 is 9.18 Å². The smallest absolute Gasteiger partial charge is 0.269 e. The predicted octanol–water partition coefficient (Wildman–Crippen LogP) is 2.81. The minimum Gasteiger partial charge on any atom is -0.397 e. The Kier molecular flexibility index (Phi) is 3.71. The number of nitrogen functional groups attached to an aromatic ring is 1. The summed E-state index contributed by atoms with van der Waals surface area (Å²) in [6.45, 7) is 5.85. The number of aromatic nitrogens is 2. The highest BCUT2D eigenvalue weighted by atomic mass is 32.1. The van der Waals surface area contributed by atoms with E-state index in [1.165, 1.54) is 12.1 Å². The van der Waals surface area contributed by atoms with Crippen molar-refractivity contribution in [2.45, 2.75) is 26.2 Å². The lowest BCUT2D eigenvalue weighted by Gasteiger charge is -2.16. The van der Waals surface area contributed by atoms with Crippen molar-refractivity contribution in [3.63, 3.8) is 0 Å². The maximum atomic E-state index is 13.0. The summed E-state index contributed by atoms with van der Waals surface area (Å²) >= 11 is 1.02. The predicted molar refractivity (Wildman–Crippen MR) is 77.4 cm³/mol. The minimum absolute atomic E-state index is 0.174. The molecule has 1 aromatic heterocycles. The third-order valence-corrected chi connectivity index (χ3v) is 3.39. The van der Waals surface area contributed by atoms with Crippen LogP contribution in [0.2, 0.25) is 0 Å². The second kappa shape index (κ2) is 5.16. The third kappa shape index (κ3) is 2.93. The molecule has 0 radical (unpaired) electrons. The SMILES string of the molecule is CC(C)(C)c1nnsc1C(=O)Nc1ccc(F)cc1N. The van der Waals surface area contributed by atoms with E-state index in [-0.39, 0.29) is 17.0 Å². The number of nitrogens with zero attached hydrogens (tertiary/aromatic N) is 2. The summed E-state index contributed by atoms with van der Waals surface area (Å²) in [4.78, 5) is 12.7. The molecule has 2 rings (SSSR count). The number of amides is 1. The van der Waals surface area contributed by atoms with Crippen molar-refractivity contribution in [3.05, 3.63) is 34.6 Å². The lowest BCUT2D eigenvalue weighted by Crippen LogP contribution is -2.20. The normalized spacial score (nSPS) is 11.4. The van der Waals surface area contributed by atoms with Crippen LogP contribution in [0.4, 0.5) is 15.8 Å². The number of hydrogen-bond donors (Lipinski definition) is 2. The summed E-state index contributed by atoms with van der Waals surface area (Å²) < 4.78 is 16.8. The van der Waals surface area contributed by atoms with Crippen molar-refractivity contribution in [2.75, 3.05) is 11.1 Å². The highest BCUT2D eigenvalue weighted by Crippen LogP contribution is 2.27. The van der Waals surface area contributed by atoms with Gasteiger partial charge in [-0.15, -0.1) is 5.10 Å². The fourth-order valence-corrected chi connectivity index (χ4v) is 2.43. The largest absolute Gasteiger partial charge is 0.397 e. The molecular weight excluding hydrogens is 279 g/mol. The lowest BCUT2D eigenvalue weighted by molar-refractivity contribution is 0.102. The molecule has 2 aromatic rings. The molecule has 1 heterocycles. The minimum atomic E-state index is -0.449. The highest BCUT2D eigenvalue weighted by molar-refractivity contribution is 7.08. The van der Waals surface area contributed by atoms with Crippen molar-refractivity contribution in [1.29, 1.82) is 0 Å². The molecule has 0 unspecified atom stereocenters. The number of anilines is 2. The first-order chi connectivity index (χ1) is 9.29. The van der Waals surface area contributed by atoms with Gasteiger partial charge in [-0.05, 0) is 29.7 Å². The Bertz CT molecular complexity index is 648. The number of nitrogens with one attached hydrogen (secondary N) is 1. The van der Waals surface area contributed by atoms with Crippen molar-refractivity contribution >= 4 is 28.8 Å². The lowest BCUT2D eigenvalue weighted by atomic mass is 9.91. The molecule has 1 amide bonds. The molecule has 0 saturated heterocycles. The van der Waals surface area contributed by atoms with E-state index in [2.05, 4.69) is 14.9 Å². The molecule has 0 aliphatic heterocycles. The van der Waals surface area contributed by atoms with Crippen LogP contribution in [0.3, 0.4) is 0 Å². The van der Waals surface area contributed by atoms with E-state index in [1.54, 1.807) is 0 Å². The van der Waals surface area contributed by atoms with Gasteiger partial charge in [0.2, 0.25) is 0 Å². The first-order valence-electron chi connectivity index (χ1n) is 5.98. The van der Waals surface area contributed by atoms with Gasteiger partial charge >= 0.3 is 0 Å². The average Bonchev–Trinajstić information content (AvgIpc) is 2.81. The molecule has 7 heteroatoms. The number of carbonyl (C=O) groups excluding carboxylic acids is 1. The maximum Gasteiger partial charge on any atom is 0.269 e. The molecule has 0 spiro atoms. The molecule has 1 aromatic carbocycles. The van der Waals surface area contributed by atoms with Gasteiger partial charge in [0.15, 0.2) is 0 Å². The van der Waals surface area contributed by atoms with Crippen LogP contribution in [0, 0.1) is 5.82 Å². The van der Waals surface area contributed by atoms with Crippen LogP contribution < -0.4 is 11.1 Å². The van der Waals surface area contributed by atoms with E-state index in [0.29, 0.717) is 16.3 Å². The van der Waals surface area contributed by atoms with E-state index < -0.39 is 5.82 Å². The zero-order valence-corrected chi connectivity index (χ0v) is 12.2. The molecule has 3 N–H and O–H groups in total. The van der Waals surface area contributed by atoms with Gasteiger partial charge < -0.3 is 11.1 Å². The summed E-state index contributed by atoms with van der Waals surface area (Å²) in [5.41, 5.74) is 6.55. The maximum absolute atomic E-state index is 13.0. The van der Waals surface area contributed by atoms with Gasteiger partial charge in [-0.25, -0.2) is 4.39 Å². The van der Waals surface area contributed by atoms with Crippen LogP contribution in [-0.2, 0) is 5.41 Å². The summed E-state index contributed by atoms with van der Waals surface area (Å²) in [6.07, 6.45) is 0. The van der Waals surface area contributed by atoms with E-state index in [9.17, 15) is 9.18 Å². The molecule has 5 nitrogen and oxygen atoms in total. The molecule has 106 valence electrons. The molecular formula is C13H15FN4OS. The number of halogens is 1. The second-order valence-corrected chi connectivity index (χ2v) is 6.14. The summed E-state index contributed by atoms with van der Waals surface area (Å²) in [6, 6.07) is 3.82. The molecule has 0 fully saturated rings. The van der Waals surface area contributed by atoms with Gasteiger partial charge in [0, 0.05) is 5.41 Å². The van der Waals surface area contributed by atoms with Crippen LogP contribution in [0.1, 0.15) is 36.1 Å². The second-order valence-electron chi connectivity index (χ2n) is 5.39. The van der Waals surface area contributed by atoms with Gasteiger partial charge in [0.05, 0.1) is 17.1 Å². The zero-order valence-electron chi connectivity index (χ0n) is 11.4. The highest BCUT2D eigenvalue weighted by Gasteiger charge is 2.26. The van der Waals surface area contributed by atoms with Crippen molar-refractivity contribution in [3.8, 4) is 0 Å². The van der Waals surface area contributed by atoms with Crippen LogP contribution in [0.15, 0.2) is 18.2 Å². The Hall–Kier alpha value is -2.02. The summed E-state index contributed by atoms with van der Waals surface area (Å²) in [7, 11) is 0. The first kappa shape index (κ1) is 14.4. The molecule has 0 atom stereocenters. The van der Waals surface area contributed by atoms with Crippen LogP contribution in [0.25, 0.3) is 0 Å². The van der Waals surface area contributed by atoms with Gasteiger partial charge in [-0.2, -0.15) is 0 Å². The number of hydrogen-bond acceptors (Lipinski definition) is 5. The number of benzene rings is 1. The Balaban J connectivity index is 2.27. The van der Waals surface area contributed by atoms with E-state index >= 15 is 0 Å². The fraction of sp³-hybridized carbons (Fsp3) is 0.308. The molecule has 20 heavy (non-hydrogen) atoms. The number of nitrogens with two attached hydrogens (primary N) is 1. The van der Waals surface area contributed by atoms with E-state index in [4.69, 9.17) is 5.73 Å². The average molecular weight is 294 g/mol. The quantitative estimate of drug-likeness (QED) is 0.835. The Morgan fingerprint density at radius 1 is 1.40 bits per heavy atom. The van der Waals surface area contributed by atoms with Crippen LogP contribution in [-0.4, -0.2) is 15.5 Å². The standard InChI is InChI=1S/C13H15FN4OS/c1-13(2,3)11-10(20-18-17-11)12(19)16-9-5-4-7(14)6-8(9)15/h4-6H,15H2,1-3H3,(H,16,19). The Morgan fingerprint density at radius 2 is 2.10 bits per heavy atom. The Labute approximate surface area is 120 Å². The fourth-order valence-electron chi connectivity index (χ4n) is 1.66. The van der Waals surface area contributed by atoms with Gasteiger partial charge in [-0.3, -0.25) is 4.79 Å². The molecule has 0 bridgehead atoms. The van der Waals surface area contributed by atoms with Gasteiger partial charge in [-0.1, -0.05) is 25.3 Å². The van der Waals surface area contributed by atoms with E-state index in [1.807, 2.05) is 20.8 Å². The van der Waals surface area contributed by atoms with Crippen LogP contribution in [0.5, 0.6) is 0 Å². The van der Waals surface area contributed by atoms with Gasteiger partial charge in [0.25, 0.3) is 5.91 Å². The van der Waals surface area contributed by atoms with Crippen LogP contribution >= 0.6 is 11.5 Å². The number of carbonyl (C=O) groups is 1. The first-order valence-corrected chi connectivity index (χ1v) is 6.75. The van der Waals surface area contributed by atoms with Gasteiger partial charge in [0.1, 0.15) is 10.7 Å². The van der Waals surface area contributed by atoms with E-state index in [0.717, 1.165) is 17.6 Å². The number of rotatable bonds is 2.